The first-order valence-corrected chi connectivity index (χ1v) is 26.8. The number of hydrogen-bond donors (Lipinski definition) is 0. The molecule has 0 saturated heterocycles. The second-order valence-electron chi connectivity index (χ2n) is 17.8. The van der Waals surface area contributed by atoms with E-state index in [1.807, 2.05) is 0 Å². The molecule has 0 heterocycles. The van der Waals surface area contributed by atoms with Crippen LogP contribution in [0.1, 0.15) is 265 Å². The number of ether oxygens (including phenoxy) is 3. The fourth-order valence-electron chi connectivity index (χ4n) is 7.38. The van der Waals surface area contributed by atoms with E-state index < -0.39 is 6.10 Å². The highest BCUT2D eigenvalue weighted by Crippen LogP contribution is 2.14. The van der Waals surface area contributed by atoms with Crippen molar-refractivity contribution in [3.63, 3.8) is 0 Å². The maximum Gasteiger partial charge on any atom is 0.306 e. The minimum atomic E-state index is -0.790. The van der Waals surface area contributed by atoms with E-state index in [9.17, 15) is 14.4 Å². The van der Waals surface area contributed by atoms with Crippen molar-refractivity contribution in [3.05, 3.63) is 60.8 Å². The smallest absolute Gasteiger partial charge is 0.306 e. The third-order valence-electron chi connectivity index (χ3n) is 11.5. The van der Waals surface area contributed by atoms with E-state index in [1.54, 1.807) is 0 Å². The van der Waals surface area contributed by atoms with E-state index in [4.69, 9.17) is 14.2 Å². The molecule has 0 aromatic carbocycles. The van der Waals surface area contributed by atoms with Crippen LogP contribution >= 0.6 is 0 Å². The molecule has 0 saturated carbocycles. The number of carbonyl (C=O) groups is 3. The third-order valence-corrected chi connectivity index (χ3v) is 11.5. The predicted molar refractivity (Wildman–Crippen MR) is 270 cm³/mol. The Morgan fingerprint density at radius 1 is 0.317 bits per heavy atom. The largest absolute Gasteiger partial charge is 0.462 e. The van der Waals surface area contributed by atoms with Crippen LogP contribution in [-0.4, -0.2) is 37.2 Å². The maximum absolute atomic E-state index is 12.8. The molecule has 0 aliphatic rings. The number of hydrogen-bond acceptors (Lipinski definition) is 6. The quantitative estimate of drug-likeness (QED) is 0.0262. The summed E-state index contributed by atoms with van der Waals surface area (Å²) >= 11 is 0. The first-order valence-electron chi connectivity index (χ1n) is 26.8. The summed E-state index contributed by atoms with van der Waals surface area (Å²) < 4.78 is 16.8. The molecule has 0 radical (unpaired) electrons. The highest BCUT2D eigenvalue weighted by Gasteiger charge is 2.19. The standard InChI is InChI=1S/C57H100O6/c1-4-7-10-13-16-19-22-25-28-29-30-33-35-38-41-44-47-50-56(59)62-53-54(63-57(60)51-48-45-42-39-36-32-27-24-21-18-15-12-9-6-3)52-61-55(58)49-46-43-40-37-34-31-26-23-20-17-14-11-8-5-2/h16,19,23-28,30,33,54H,4-15,17-18,20-22,29,31-32,34-53H2,1-3H3/b19-16-,26-23-,27-24-,28-25-,33-30-/t54-/m1/s1. The Labute approximate surface area is 390 Å². The van der Waals surface area contributed by atoms with Gasteiger partial charge in [0, 0.05) is 19.3 Å². The second-order valence-corrected chi connectivity index (χ2v) is 17.8. The molecule has 0 fully saturated rings. The first kappa shape index (κ1) is 60.1. The Morgan fingerprint density at radius 2 is 0.571 bits per heavy atom. The molecule has 0 aromatic rings. The van der Waals surface area contributed by atoms with Crippen molar-refractivity contribution in [1.29, 1.82) is 0 Å². The van der Waals surface area contributed by atoms with Gasteiger partial charge in [0.2, 0.25) is 0 Å². The summed E-state index contributed by atoms with van der Waals surface area (Å²) in [5.74, 6) is -0.922. The molecule has 6 heteroatoms. The molecule has 0 bridgehead atoms. The van der Waals surface area contributed by atoms with Gasteiger partial charge in [-0.2, -0.15) is 0 Å². The van der Waals surface area contributed by atoms with E-state index in [0.29, 0.717) is 19.3 Å². The molecule has 0 spiro atoms. The molecule has 1 atom stereocenters. The van der Waals surface area contributed by atoms with E-state index in [1.165, 1.54) is 122 Å². The zero-order valence-electron chi connectivity index (χ0n) is 41.6. The normalized spacial score (nSPS) is 12.5. The van der Waals surface area contributed by atoms with Crippen LogP contribution in [-0.2, 0) is 28.6 Å². The Morgan fingerprint density at radius 3 is 0.937 bits per heavy atom. The molecule has 0 aromatic heterocycles. The van der Waals surface area contributed by atoms with Crippen molar-refractivity contribution in [3.8, 4) is 0 Å². The van der Waals surface area contributed by atoms with Gasteiger partial charge < -0.3 is 14.2 Å². The third kappa shape index (κ3) is 50.0. The average Bonchev–Trinajstić information content (AvgIpc) is 3.28. The van der Waals surface area contributed by atoms with Crippen molar-refractivity contribution in [1.82, 2.24) is 0 Å². The van der Waals surface area contributed by atoms with E-state index in [-0.39, 0.29) is 31.1 Å². The Balaban J connectivity index is 4.44. The maximum atomic E-state index is 12.8. The van der Waals surface area contributed by atoms with Crippen LogP contribution < -0.4 is 0 Å². The van der Waals surface area contributed by atoms with E-state index >= 15 is 0 Å². The number of unbranched alkanes of at least 4 members (excludes halogenated alkanes) is 27. The van der Waals surface area contributed by atoms with Gasteiger partial charge in [-0.1, -0.05) is 197 Å². The lowest BCUT2D eigenvalue weighted by molar-refractivity contribution is -0.167. The van der Waals surface area contributed by atoms with Crippen LogP contribution in [0.5, 0.6) is 0 Å². The number of allylic oxidation sites excluding steroid dienone is 10. The monoisotopic (exact) mass is 881 g/mol. The molecular weight excluding hydrogens is 781 g/mol. The molecule has 0 aliphatic carbocycles. The lowest BCUT2D eigenvalue weighted by Gasteiger charge is -2.18. The number of carbonyl (C=O) groups excluding carboxylic acids is 3. The van der Waals surface area contributed by atoms with Crippen LogP contribution in [0.15, 0.2) is 60.8 Å². The summed E-state index contributed by atoms with van der Waals surface area (Å²) in [4.78, 5) is 38.0. The van der Waals surface area contributed by atoms with Crippen molar-refractivity contribution < 1.29 is 28.6 Å². The average molecular weight is 881 g/mol. The fourth-order valence-corrected chi connectivity index (χ4v) is 7.38. The number of esters is 3. The SMILES string of the molecule is CCCCC/C=C\C/C=C\C/C=C\CCCCCCC(=O)OC[C@@H](COC(=O)CCCCCCC/C=C\CCCCCCC)OC(=O)CCCCCCC/C=C\CCCCCCC. The highest BCUT2D eigenvalue weighted by molar-refractivity contribution is 5.71. The molecule has 0 aliphatic heterocycles. The molecule has 364 valence electrons. The number of rotatable bonds is 48. The van der Waals surface area contributed by atoms with Gasteiger partial charge in [0.25, 0.3) is 0 Å². The molecule has 0 amide bonds. The van der Waals surface area contributed by atoms with Gasteiger partial charge in [0.1, 0.15) is 13.2 Å². The Kier molecular flexibility index (Phi) is 49.4. The van der Waals surface area contributed by atoms with E-state index in [0.717, 1.165) is 103 Å². The second kappa shape index (κ2) is 51.7. The Hall–Kier alpha value is -2.89. The minimum absolute atomic E-state index is 0.0888. The zero-order chi connectivity index (χ0) is 45.8. The van der Waals surface area contributed by atoms with Gasteiger partial charge in [-0.05, 0) is 109 Å². The molecule has 0 unspecified atom stereocenters. The minimum Gasteiger partial charge on any atom is -0.462 e. The summed E-state index contributed by atoms with van der Waals surface area (Å²) in [6.07, 6.45) is 63.4. The van der Waals surface area contributed by atoms with Gasteiger partial charge >= 0.3 is 17.9 Å². The summed E-state index contributed by atoms with van der Waals surface area (Å²) in [6, 6.07) is 0. The van der Waals surface area contributed by atoms with Crippen LogP contribution in [0.4, 0.5) is 0 Å². The summed E-state index contributed by atoms with van der Waals surface area (Å²) in [6.45, 7) is 6.57. The summed E-state index contributed by atoms with van der Waals surface area (Å²) in [7, 11) is 0. The van der Waals surface area contributed by atoms with Crippen LogP contribution in [0.3, 0.4) is 0 Å². The van der Waals surface area contributed by atoms with E-state index in [2.05, 4.69) is 81.5 Å². The Bertz CT molecular complexity index is 1150. The molecule has 6 nitrogen and oxygen atoms in total. The fraction of sp³-hybridized carbons (Fsp3) is 0.772. The van der Waals surface area contributed by atoms with Crippen molar-refractivity contribution in [2.45, 2.75) is 271 Å². The van der Waals surface area contributed by atoms with Gasteiger partial charge in [-0.3, -0.25) is 14.4 Å². The predicted octanol–water partition coefficient (Wildman–Crippen LogP) is 17.6. The summed E-state index contributed by atoms with van der Waals surface area (Å²) in [5.41, 5.74) is 0. The molecular formula is C57H100O6. The van der Waals surface area contributed by atoms with Gasteiger partial charge in [0.15, 0.2) is 6.10 Å². The van der Waals surface area contributed by atoms with Gasteiger partial charge in [0.05, 0.1) is 0 Å². The lowest BCUT2D eigenvalue weighted by Crippen LogP contribution is -2.30. The summed E-state index contributed by atoms with van der Waals surface area (Å²) in [5, 5.41) is 0. The topological polar surface area (TPSA) is 78.9 Å². The molecule has 63 heavy (non-hydrogen) atoms. The van der Waals surface area contributed by atoms with Gasteiger partial charge in [-0.25, -0.2) is 0 Å². The van der Waals surface area contributed by atoms with Crippen LogP contribution in [0.25, 0.3) is 0 Å². The van der Waals surface area contributed by atoms with Crippen LogP contribution in [0, 0.1) is 0 Å². The van der Waals surface area contributed by atoms with Crippen molar-refractivity contribution in [2.75, 3.05) is 13.2 Å². The first-order chi connectivity index (χ1) is 31.0. The zero-order valence-corrected chi connectivity index (χ0v) is 41.6. The molecule has 0 rings (SSSR count). The lowest BCUT2D eigenvalue weighted by atomic mass is 10.1. The van der Waals surface area contributed by atoms with Crippen LogP contribution in [0.2, 0.25) is 0 Å². The van der Waals surface area contributed by atoms with Crippen molar-refractivity contribution >= 4 is 17.9 Å². The highest BCUT2D eigenvalue weighted by atomic mass is 16.6. The molecule has 0 N–H and O–H groups in total. The van der Waals surface area contributed by atoms with Crippen molar-refractivity contribution in [2.24, 2.45) is 0 Å². The van der Waals surface area contributed by atoms with Gasteiger partial charge in [-0.15, -0.1) is 0 Å².